The van der Waals surface area contributed by atoms with Crippen LogP contribution in [0.5, 0.6) is 0 Å². The number of anilines is 2. The monoisotopic (exact) mass is 278 g/mol. The second kappa shape index (κ2) is 5.99. The van der Waals surface area contributed by atoms with Crippen molar-refractivity contribution in [3.8, 4) is 0 Å². The average Bonchev–Trinajstić information content (AvgIpc) is 2.90. The maximum Gasteiger partial charge on any atom is 0.158 e. The Bertz CT molecular complexity index is 529. The van der Waals surface area contributed by atoms with Crippen molar-refractivity contribution in [1.82, 2.24) is 9.97 Å². The molecule has 0 aliphatic carbocycles. The van der Waals surface area contributed by atoms with Crippen LogP contribution in [0.4, 0.5) is 11.6 Å². The van der Waals surface area contributed by atoms with Crippen molar-refractivity contribution in [3.63, 3.8) is 0 Å². The highest BCUT2D eigenvalue weighted by Crippen LogP contribution is 2.27. The Kier molecular flexibility index (Phi) is 4.34. The zero-order valence-corrected chi connectivity index (χ0v) is 12.1. The molecule has 102 valence electrons. The molecule has 0 aliphatic heterocycles. The topological polar surface area (TPSA) is 64.3 Å². The third-order valence-electron chi connectivity index (χ3n) is 2.95. The highest BCUT2D eigenvalue weighted by Gasteiger charge is 2.15. The first-order chi connectivity index (χ1) is 9.11. The van der Waals surface area contributed by atoms with Crippen LogP contribution >= 0.6 is 11.3 Å². The number of thiophene rings is 1. The summed E-state index contributed by atoms with van der Waals surface area (Å²) in [4.78, 5) is 12.0. The lowest BCUT2D eigenvalue weighted by Crippen LogP contribution is -2.23. The number of ether oxygens (including phenoxy) is 1. The summed E-state index contributed by atoms with van der Waals surface area (Å²) in [7, 11) is 3.62. The van der Waals surface area contributed by atoms with Crippen molar-refractivity contribution in [3.05, 3.63) is 34.3 Å². The maximum absolute atomic E-state index is 5.82. The van der Waals surface area contributed by atoms with E-state index in [-0.39, 0.29) is 6.04 Å². The summed E-state index contributed by atoms with van der Waals surface area (Å²) in [5, 5.41) is 2.07. The van der Waals surface area contributed by atoms with Crippen molar-refractivity contribution in [2.75, 3.05) is 24.8 Å². The summed E-state index contributed by atoms with van der Waals surface area (Å²) in [5.74, 6) is 1.87. The Hall–Kier alpha value is -1.66. The summed E-state index contributed by atoms with van der Waals surface area (Å²) in [6, 6.07) is 6.19. The molecule has 0 radical (unpaired) electrons. The first kappa shape index (κ1) is 13.8. The van der Waals surface area contributed by atoms with Gasteiger partial charge in [0, 0.05) is 25.1 Å². The van der Waals surface area contributed by atoms with Crippen molar-refractivity contribution in [2.24, 2.45) is 0 Å². The van der Waals surface area contributed by atoms with E-state index in [1.54, 1.807) is 24.5 Å². The first-order valence-electron chi connectivity index (χ1n) is 6.00. The van der Waals surface area contributed by atoms with E-state index in [2.05, 4.69) is 39.3 Å². The molecule has 2 rings (SSSR count). The lowest BCUT2D eigenvalue weighted by Gasteiger charge is -2.25. The molecule has 1 atom stereocenters. The summed E-state index contributed by atoms with van der Waals surface area (Å²) < 4.78 is 5.05. The fraction of sp³-hybridized carbons (Fsp3) is 0.385. The van der Waals surface area contributed by atoms with Crippen LogP contribution in [0.3, 0.4) is 0 Å². The van der Waals surface area contributed by atoms with Gasteiger partial charge in [0.25, 0.3) is 0 Å². The summed E-state index contributed by atoms with van der Waals surface area (Å²) in [6.45, 7) is 2.50. The fourth-order valence-electron chi connectivity index (χ4n) is 1.80. The molecule has 19 heavy (non-hydrogen) atoms. The lowest BCUT2D eigenvalue weighted by atomic mass is 10.2. The average molecular weight is 278 g/mol. The second-order valence-electron chi connectivity index (χ2n) is 4.30. The Balaban J connectivity index is 2.25. The number of methoxy groups -OCH3 is 1. The van der Waals surface area contributed by atoms with E-state index in [0.717, 1.165) is 5.82 Å². The van der Waals surface area contributed by atoms with Gasteiger partial charge in [0.15, 0.2) is 5.82 Å². The first-order valence-corrected chi connectivity index (χ1v) is 6.88. The number of aromatic nitrogens is 2. The van der Waals surface area contributed by atoms with Crippen LogP contribution < -0.4 is 10.6 Å². The van der Waals surface area contributed by atoms with Gasteiger partial charge in [-0.05, 0) is 18.4 Å². The Morgan fingerprint density at radius 1 is 1.47 bits per heavy atom. The number of nitrogen functional groups attached to an aromatic ring is 1. The minimum absolute atomic E-state index is 0.240. The van der Waals surface area contributed by atoms with Crippen LogP contribution in [0.25, 0.3) is 0 Å². The normalized spacial score (nSPS) is 12.4. The highest BCUT2D eigenvalue weighted by atomic mass is 32.1. The molecule has 6 heteroatoms. The Labute approximate surface area is 117 Å². The van der Waals surface area contributed by atoms with Crippen LogP contribution in [0.15, 0.2) is 23.6 Å². The molecule has 2 heterocycles. The highest BCUT2D eigenvalue weighted by molar-refractivity contribution is 7.10. The quantitative estimate of drug-likeness (QED) is 0.910. The van der Waals surface area contributed by atoms with Gasteiger partial charge in [0.2, 0.25) is 0 Å². The predicted molar refractivity (Wildman–Crippen MR) is 78.3 cm³/mol. The molecule has 2 N–H and O–H groups in total. The standard InChI is InChI=1S/C13H18N4OS/c1-9(10-5-4-6-19-10)17(2)13-7-11(14)15-12(16-13)8-18-3/h4-7,9H,8H2,1-3H3,(H2,14,15,16). The van der Waals surface area contributed by atoms with Crippen molar-refractivity contribution in [2.45, 2.75) is 19.6 Å². The minimum atomic E-state index is 0.240. The SMILES string of the molecule is COCc1nc(N)cc(N(C)C(C)c2cccs2)n1. The summed E-state index contributed by atoms with van der Waals surface area (Å²) in [5.41, 5.74) is 5.82. The molecule has 1 unspecified atom stereocenters. The maximum atomic E-state index is 5.82. The van der Waals surface area contributed by atoms with Gasteiger partial charge in [0.1, 0.15) is 18.2 Å². The number of nitrogens with zero attached hydrogens (tertiary/aromatic N) is 3. The molecule has 2 aromatic rings. The van der Waals surface area contributed by atoms with E-state index in [1.165, 1.54) is 4.88 Å². The van der Waals surface area contributed by atoms with E-state index >= 15 is 0 Å². The van der Waals surface area contributed by atoms with Crippen molar-refractivity contribution in [1.29, 1.82) is 0 Å². The van der Waals surface area contributed by atoms with Crippen LogP contribution in [-0.2, 0) is 11.3 Å². The van der Waals surface area contributed by atoms with Gasteiger partial charge >= 0.3 is 0 Å². The van der Waals surface area contributed by atoms with E-state index < -0.39 is 0 Å². The molecule has 0 bridgehead atoms. The molecule has 0 fully saturated rings. The summed E-state index contributed by atoms with van der Waals surface area (Å²) >= 11 is 1.73. The minimum Gasteiger partial charge on any atom is -0.384 e. The van der Waals surface area contributed by atoms with E-state index in [4.69, 9.17) is 10.5 Å². The van der Waals surface area contributed by atoms with Crippen LogP contribution in [0.1, 0.15) is 23.7 Å². The lowest BCUT2D eigenvalue weighted by molar-refractivity contribution is 0.178. The largest absolute Gasteiger partial charge is 0.384 e. The fourth-order valence-corrected chi connectivity index (χ4v) is 2.62. The van der Waals surface area contributed by atoms with Gasteiger partial charge in [-0.2, -0.15) is 0 Å². The van der Waals surface area contributed by atoms with Gasteiger partial charge in [-0.15, -0.1) is 11.3 Å². The molecule has 0 saturated carbocycles. The molecule has 0 spiro atoms. The second-order valence-corrected chi connectivity index (χ2v) is 5.28. The molecule has 0 amide bonds. The molecule has 0 saturated heterocycles. The number of hydrogen-bond acceptors (Lipinski definition) is 6. The van der Waals surface area contributed by atoms with E-state index in [0.29, 0.717) is 18.2 Å². The molecule has 0 aliphatic rings. The van der Waals surface area contributed by atoms with Gasteiger partial charge in [-0.25, -0.2) is 9.97 Å². The van der Waals surface area contributed by atoms with Crippen LogP contribution in [-0.4, -0.2) is 24.1 Å². The third kappa shape index (κ3) is 3.21. The number of rotatable bonds is 5. The van der Waals surface area contributed by atoms with Gasteiger partial charge in [0.05, 0.1) is 6.04 Å². The zero-order valence-electron chi connectivity index (χ0n) is 11.3. The van der Waals surface area contributed by atoms with Gasteiger partial charge in [-0.1, -0.05) is 6.07 Å². The van der Waals surface area contributed by atoms with Crippen LogP contribution in [0, 0.1) is 0 Å². The number of nitrogens with two attached hydrogens (primary N) is 1. The molecular formula is C13H18N4OS. The Morgan fingerprint density at radius 3 is 2.89 bits per heavy atom. The molecule has 5 nitrogen and oxygen atoms in total. The van der Waals surface area contributed by atoms with E-state index in [9.17, 15) is 0 Å². The molecule has 2 aromatic heterocycles. The van der Waals surface area contributed by atoms with Crippen LogP contribution in [0.2, 0.25) is 0 Å². The predicted octanol–water partition coefficient (Wildman–Crippen LogP) is 2.46. The third-order valence-corrected chi connectivity index (χ3v) is 3.99. The van der Waals surface area contributed by atoms with Crippen molar-refractivity contribution < 1.29 is 4.74 Å². The van der Waals surface area contributed by atoms with Crippen molar-refractivity contribution >= 4 is 23.0 Å². The Morgan fingerprint density at radius 2 is 2.26 bits per heavy atom. The molecule has 0 aromatic carbocycles. The van der Waals surface area contributed by atoms with E-state index in [1.807, 2.05) is 7.05 Å². The van der Waals surface area contributed by atoms with Gasteiger partial charge in [-0.3, -0.25) is 0 Å². The smallest absolute Gasteiger partial charge is 0.158 e. The van der Waals surface area contributed by atoms with Gasteiger partial charge < -0.3 is 15.4 Å². The zero-order chi connectivity index (χ0) is 13.8. The molecular weight excluding hydrogens is 260 g/mol. The summed E-state index contributed by atoms with van der Waals surface area (Å²) in [6.07, 6.45) is 0. The number of hydrogen-bond donors (Lipinski definition) is 1.